The highest BCUT2D eigenvalue weighted by Crippen LogP contribution is 2.53. The number of fused-ring (bicyclic) bond motifs is 2. The maximum absolute atomic E-state index is 12.5. The fourth-order valence-corrected chi connectivity index (χ4v) is 4.59. The van der Waals surface area contributed by atoms with Gasteiger partial charge in [0.25, 0.3) is 5.91 Å². The van der Waals surface area contributed by atoms with Crippen LogP contribution in [0.5, 0.6) is 0 Å². The van der Waals surface area contributed by atoms with Gasteiger partial charge >= 0.3 is 0 Å². The SMILES string of the molecule is O=C(NC12CCC(CC1)C1C(=O)NC(=O)C12)c1ccccc1. The third-order valence-electron chi connectivity index (χ3n) is 5.61. The monoisotopic (exact) mass is 298 g/mol. The Morgan fingerprint density at radius 1 is 1.09 bits per heavy atom. The van der Waals surface area contributed by atoms with Gasteiger partial charge in [-0.3, -0.25) is 19.7 Å². The minimum atomic E-state index is -0.567. The summed E-state index contributed by atoms with van der Waals surface area (Å²) < 4.78 is 0. The Hall–Kier alpha value is -2.17. The lowest BCUT2D eigenvalue weighted by Crippen LogP contribution is -2.63. The third-order valence-corrected chi connectivity index (χ3v) is 5.61. The van der Waals surface area contributed by atoms with Crippen LogP contribution >= 0.6 is 0 Å². The van der Waals surface area contributed by atoms with Crippen molar-refractivity contribution in [3.8, 4) is 0 Å². The van der Waals surface area contributed by atoms with E-state index in [-0.39, 0.29) is 29.6 Å². The molecule has 22 heavy (non-hydrogen) atoms. The fourth-order valence-electron chi connectivity index (χ4n) is 4.59. The van der Waals surface area contributed by atoms with E-state index < -0.39 is 11.5 Å². The smallest absolute Gasteiger partial charge is 0.251 e. The van der Waals surface area contributed by atoms with Gasteiger partial charge in [-0.05, 0) is 43.7 Å². The summed E-state index contributed by atoms with van der Waals surface area (Å²) in [6.07, 6.45) is 3.35. The molecule has 5 nitrogen and oxygen atoms in total. The number of rotatable bonds is 2. The molecule has 5 heteroatoms. The van der Waals surface area contributed by atoms with Gasteiger partial charge in [-0.1, -0.05) is 18.2 Å². The predicted molar refractivity (Wildman–Crippen MR) is 78.7 cm³/mol. The summed E-state index contributed by atoms with van der Waals surface area (Å²) in [7, 11) is 0. The molecule has 5 rings (SSSR count). The van der Waals surface area contributed by atoms with Crippen molar-refractivity contribution in [1.29, 1.82) is 0 Å². The van der Waals surface area contributed by atoms with Gasteiger partial charge in [0.05, 0.1) is 17.4 Å². The van der Waals surface area contributed by atoms with Crippen molar-refractivity contribution in [3.63, 3.8) is 0 Å². The highest BCUT2D eigenvalue weighted by molar-refractivity contribution is 6.07. The highest BCUT2D eigenvalue weighted by Gasteiger charge is 2.62. The van der Waals surface area contributed by atoms with E-state index in [2.05, 4.69) is 10.6 Å². The van der Waals surface area contributed by atoms with Crippen molar-refractivity contribution >= 4 is 17.7 Å². The van der Waals surface area contributed by atoms with E-state index in [0.717, 1.165) is 25.7 Å². The molecule has 2 atom stereocenters. The molecule has 1 aliphatic heterocycles. The van der Waals surface area contributed by atoms with Gasteiger partial charge in [0.1, 0.15) is 0 Å². The largest absolute Gasteiger partial charge is 0.346 e. The highest BCUT2D eigenvalue weighted by atomic mass is 16.2. The lowest BCUT2D eigenvalue weighted by Gasteiger charge is -2.52. The van der Waals surface area contributed by atoms with Crippen molar-refractivity contribution in [3.05, 3.63) is 35.9 Å². The minimum absolute atomic E-state index is 0.155. The van der Waals surface area contributed by atoms with Crippen LogP contribution in [0.25, 0.3) is 0 Å². The number of hydrogen-bond acceptors (Lipinski definition) is 3. The van der Waals surface area contributed by atoms with E-state index in [1.54, 1.807) is 12.1 Å². The molecule has 2 unspecified atom stereocenters. The topological polar surface area (TPSA) is 75.3 Å². The molecule has 0 radical (unpaired) electrons. The second kappa shape index (κ2) is 4.66. The molecule has 0 spiro atoms. The molecule has 3 amide bonds. The number of nitrogens with one attached hydrogen (secondary N) is 2. The summed E-state index contributed by atoms with van der Waals surface area (Å²) in [5.41, 5.74) is 0.0219. The van der Waals surface area contributed by atoms with E-state index in [9.17, 15) is 14.4 Å². The number of carbonyl (C=O) groups is 3. The van der Waals surface area contributed by atoms with Gasteiger partial charge < -0.3 is 5.32 Å². The van der Waals surface area contributed by atoms with Gasteiger partial charge in [-0.2, -0.15) is 0 Å². The summed E-state index contributed by atoms with van der Waals surface area (Å²) in [5.74, 6) is -0.907. The Balaban J connectivity index is 1.66. The quantitative estimate of drug-likeness (QED) is 0.807. The Morgan fingerprint density at radius 3 is 2.45 bits per heavy atom. The molecule has 4 fully saturated rings. The van der Waals surface area contributed by atoms with E-state index in [1.807, 2.05) is 18.2 Å². The number of carbonyl (C=O) groups excluding carboxylic acids is 3. The molecule has 3 aliphatic carbocycles. The average Bonchev–Trinajstić information content (AvgIpc) is 2.86. The Morgan fingerprint density at radius 2 is 1.77 bits per heavy atom. The maximum atomic E-state index is 12.5. The van der Waals surface area contributed by atoms with Crippen molar-refractivity contribution in [2.75, 3.05) is 0 Å². The first-order chi connectivity index (χ1) is 10.6. The van der Waals surface area contributed by atoms with Crippen molar-refractivity contribution in [1.82, 2.24) is 10.6 Å². The van der Waals surface area contributed by atoms with E-state index in [0.29, 0.717) is 5.56 Å². The molecular formula is C17H18N2O3. The Bertz CT molecular complexity index is 647. The number of imide groups is 1. The van der Waals surface area contributed by atoms with Crippen LogP contribution in [0.2, 0.25) is 0 Å². The summed E-state index contributed by atoms with van der Waals surface area (Å²) in [5, 5.41) is 5.57. The van der Waals surface area contributed by atoms with Crippen molar-refractivity contribution < 1.29 is 14.4 Å². The fraction of sp³-hybridized carbons (Fsp3) is 0.471. The average molecular weight is 298 g/mol. The first-order valence-electron chi connectivity index (χ1n) is 7.83. The number of benzene rings is 1. The molecular weight excluding hydrogens is 280 g/mol. The van der Waals surface area contributed by atoms with E-state index in [4.69, 9.17) is 0 Å². The van der Waals surface area contributed by atoms with E-state index >= 15 is 0 Å². The molecule has 2 N–H and O–H groups in total. The second-order valence-corrected chi connectivity index (χ2v) is 6.67. The van der Waals surface area contributed by atoms with Gasteiger partial charge in [-0.25, -0.2) is 0 Å². The van der Waals surface area contributed by atoms with Crippen molar-refractivity contribution in [2.45, 2.75) is 31.2 Å². The molecule has 1 aromatic carbocycles. The summed E-state index contributed by atoms with van der Waals surface area (Å²) in [6, 6.07) is 9.02. The zero-order valence-corrected chi connectivity index (χ0v) is 12.2. The molecule has 1 heterocycles. The standard InChI is InChI=1S/C17H18N2O3/c20-14(11-4-2-1-3-5-11)19-17-8-6-10(7-9-17)12-13(17)16(22)18-15(12)21/h1-5,10,12-13H,6-9H2,(H,19,20)(H,18,21,22). The normalized spacial score (nSPS) is 35.9. The molecule has 3 saturated carbocycles. The van der Waals surface area contributed by atoms with Gasteiger partial charge in [0.15, 0.2) is 0 Å². The molecule has 2 bridgehead atoms. The number of amides is 3. The molecule has 0 aromatic heterocycles. The maximum Gasteiger partial charge on any atom is 0.251 e. The lowest BCUT2D eigenvalue weighted by molar-refractivity contribution is -0.132. The van der Waals surface area contributed by atoms with Crippen molar-refractivity contribution in [2.24, 2.45) is 17.8 Å². The van der Waals surface area contributed by atoms with Crippen LogP contribution in [0.15, 0.2) is 30.3 Å². The Kier molecular flexibility index (Phi) is 2.86. The lowest BCUT2D eigenvalue weighted by atomic mass is 9.55. The van der Waals surface area contributed by atoms with E-state index in [1.165, 1.54) is 0 Å². The first-order valence-corrected chi connectivity index (χ1v) is 7.83. The number of hydrogen-bond donors (Lipinski definition) is 2. The van der Waals surface area contributed by atoms with Gasteiger partial charge in [0, 0.05) is 5.56 Å². The molecule has 1 saturated heterocycles. The zero-order valence-electron chi connectivity index (χ0n) is 12.2. The summed E-state index contributed by atoms with van der Waals surface area (Å²) in [4.78, 5) is 36.9. The summed E-state index contributed by atoms with van der Waals surface area (Å²) >= 11 is 0. The molecule has 114 valence electrons. The van der Waals surface area contributed by atoms with Crippen LogP contribution in [0, 0.1) is 17.8 Å². The molecule has 1 aromatic rings. The molecule has 4 aliphatic rings. The van der Waals surface area contributed by atoms with Gasteiger partial charge in [-0.15, -0.1) is 0 Å². The predicted octanol–water partition coefficient (Wildman–Crippen LogP) is 1.25. The third kappa shape index (κ3) is 1.81. The first kappa shape index (κ1) is 13.5. The second-order valence-electron chi connectivity index (χ2n) is 6.67. The van der Waals surface area contributed by atoms with Crippen LogP contribution < -0.4 is 10.6 Å². The van der Waals surface area contributed by atoms with Crippen LogP contribution in [0.4, 0.5) is 0 Å². The zero-order chi connectivity index (χ0) is 15.3. The minimum Gasteiger partial charge on any atom is -0.346 e. The van der Waals surface area contributed by atoms with Crippen LogP contribution in [-0.4, -0.2) is 23.3 Å². The van der Waals surface area contributed by atoms with Gasteiger partial charge in [0.2, 0.25) is 11.8 Å². The summed E-state index contributed by atoms with van der Waals surface area (Å²) in [6.45, 7) is 0. The Labute approximate surface area is 128 Å². The van der Waals surface area contributed by atoms with Crippen LogP contribution in [-0.2, 0) is 9.59 Å². The van der Waals surface area contributed by atoms with Crippen LogP contribution in [0.1, 0.15) is 36.0 Å². The van der Waals surface area contributed by atoms with Crippen LogP contribution in [0.3, 0.4) is 0 Å².